The van der Waals surface area contributed by atoms with Gasteiger partial charge in [0.1, 0.15) is 0 Å². The van der Waals surface area contributed by atoms with Crippen molar-refractivity contribution in [1.82, 2.24) is 10.2 Å². The van der Waals surface area contributed by atoms with Crippen LogP contribution >= 0.6 is 0 Å². The van der Waals surface area contributed by atoms with Gasteiger partial charge in [-0.25, -0.2) is 0 Å². The van der Waals surface area contributed by atoms with Crippen LogP contribution in [-0.2, 0) is 4.79 Å². The number of aliphatic hydroxyl groups is 1. The highest BCUT2D eigenvalue weighted by Crippen LogP contribution is 2.23. The minimum Gasteiger partial charge on any atom is -0.378 e. The molecule has 0 bridgehead atoms. The molecule has 1 amide bonds. The summed E-state index contributed by atoms with van der Waals surface area (Å²) in [4.78, 5) is 14.2. The van der Waals surface area contributed by atoms with E-state index < -0.39 is 6.10 Å². The number of benzene rings is 1. The number of aliphatic hydroxyl groups excluding tert-OH is 1. The van der Waals surface area contributed by atoms with Crippen molar-refractivity contribution in [2.45, 2.75) is 37.5 Å². The van der Waals surface area contributed by atoms with E-state index in [4.69, 9.17) is 0 Å². The Kier molecular flexibility index (Phi) is 4.56. The first-order valence-corrected chi connectivity index (χ1v) is 6.77. The maximum atomic E-state index is 12.0. The summed E-state index contributed by atoms with van der Waals surface area (Å²) in [6.07, 6.45) is 1.97. The molecule has 19 heavy (non-hydrogen) atoms. The van der Waals surface area contributed by atoms with E-state index in [1.54, 1.807) is 12.1 Å². The van der Waals surface area contributed by atoms with E-state index in [1.807, 2.05) is 18.2 Å². The molecule has 0 heterocycles. The van der Waals surface area contributed by atoms with Gasteiger partial charge in [-0.2, -0.15) is 0 Å². The molecule has 4 nitrogen and oxygen atoms in total. The number of nitrogens with one attached hydrogen (secondary N) is 1. The Hall–Kier alpha value is -1.39. The first-order chi connectivity index (χ1) is 9.08. The Bertz CT molecular complexity index is 419. The van der Waals surface area contributed by atoms with Gasteiger partial charge in [0.25, 0.3) is 5.91 Å². The average Bonchev–Trinajstić information content (AvgIpc) is 2.87. The maximum absolute atomic E-state index is 12.0. The van der Waals surface area contributed by atoms with E-state index in [0.717, 1.165) is 19.3 Å². The van der Waals surface area contributed by atoms with E-state index >= 15 is 0 Å². The summed E-state index contributed by atoms with van der Waals surface area (Å²) in [7, 11) is 4.13. The molecule has 3 unspecified atom stereocenters. The second kappa shape index (κ2) is 6.17. The fraction of sp³-hybridized carbons (Fsp3) is 0.533. The number of nitrogens with zero attached hydrogens (tertiary/aromatic N) is 1. The lowest BCUT2D eigenvalue weighted by atomic mass is 10.1. The van der Waals surface area contributed by atoms with Crippen LogP contribution in [0.1, 0.15) is 30.9 Å². The molecular formula is C15H22N2O2. The van der Waals surface area contributed by atoms with Crippen LogP contribution in [0.5, 0.6) is 0 Å². The number of hydrogen-bond acceptors (Lipinski definition) is 3. The van der Waals surface area contributed by atoms with Crippen molar-refractivity contribution in [3.63, 3.8) is 0 Å². The van der Waals surface area contributed by atoms with Crippen molar-refractivity contribution in [1.29, 1.82) is 0 Å². The second-order valence-electron chi connectivity index (χ2n) is 5.45. The first kappa shape index (κ1) is 14.0. The molecule has 1 aromatic rings. The minimum atomic E-state index is -1.07. The van der Waals surface area contributed by atoms with Gasteiger partial charge in [0.05, 0.1) is 0 Å². The summed E-state index contributed by atoms with van der Waals surface area (Å²) >= 11 is 0. The lowest BCUT2D eigenvalue weighted by Gasteiger charge is -2.20. The summed E-state index contributed by atoms with van der Waals surface area (Å²) in [6.45, 7) is 0. The molecule has 1 fully saturated rings. The monoisotopic (exact) mass is 262 g/mol. The predicted octanol–water partition coefficient (Wildman–Crippen LogP) is 1.32. The molecule has 0 spiro atoms. The van der Waals surface area contributed by atoms with Gasteiger partial charge in [0, 0.05) is 12.1 Å². The van der Waals surface area contributed by atoms with E-state index in [1.165, 1.54) is 0 Å². The van der Waals surface area contributed by atoms with Crippen molar-refractivity contribution in [2.24, 2.45) is 0 Å². The topological polar surface area (TPSA) is 52.6 Å². The molecule has 1 aromatic carbocycles. The van der Waals surface area contributed by atoms with Crippen LogP contribution < -0.4 is 5.32 Å². The zero-order valence-electron chi connectivity index (χ0n) is 11.5. The normalized spacial score (nSPS) is 24.4. The highest BCUT2D eigenvalue weighted by molar-refractivity contribution is 5.82. The van der Waals surface area contributed by atoms with Crippen molar-refractivity contribution in [3.05, 3.63) is 35.9 Å². The minimum absolute atomic E-state index is 0.179. The molecule has 0 radical (unpaired) electrons. The summed E-state index contributed by atoms with van der Waals surface area (Å²) in [6, 6.07) is 9.75. The molecule has 4 heteroatoms. The van der Waals surface area contributed by atoms with E-state index in [9.17, 15) is 9.90 Å². The number of amides is 1. The van der Waals surface area contributed by atoms with Gasteiger partial charge < -0.3 is 15.3 Å². The van der Waals surface area contributed by atoms with Crippen molar-refractivity contribution in [2.75, 3.05) is 14.1 Å². The SMILES string of the molecule is CN(C)C1CCC(NC(=O)C(O)c2ccccc2)C1. The maximum Gasteiger partial charge on any atom is 0.253 e. The van der Waals surface area contributed by atoms with Gasteiger partial charge in [0.2, 0.25) is 0 Å². The van der Waals surface area contributed by atoms with Gasteiger partial charge in [-0.05, 0) is 38.9 Å². The molecule has 0 saturated heterocycles. The zero-order chi connectivity index (χ0) is 13.8. The molecule has 1 aliphatic rings. The standard InChI is InChI=1S/C15H22N2O2/c1-17(2)13-9-8-12(10-13)16-15(19)14(18)11-6-4-3-5-7-11/h3-7,12-14,18H,8-10H2,1-2H3,(H,16,19). The van der Waals surface area contributed by atoms with E-state index in [0.29, 0.717) is 11.6 Å². The lowest BCUT2D eigenvalue weighted by molar-refractivity contribution is -0.130. The van der Waals surface area contributed by atoms with Crippen molar-refractivity contribution in [3.8, 4) is 0 Å². The zero-order valence-corrected chi connectivity index (χ0v) is 11.5. The molecule has 104 valence electrons. The first-order valence-electron chi connectivity index (χ1n) is 6.77. The summed E-state index contributed by atoms with van der Waals surface area (Å²) in [5.41, 5.74) is 0.641. The lowest BCUT2D eigenvalue weighted by Crippen LogP contribution is -2.37. The summed E-state index contributed by atoms with van der Waals surface area (Å²) in [5.74, 6) is -0.296. The highest BCUT2D eigenvalue weighted by atomic mass is 16.3. The molecule has 2 rings (SSSR count). The molecule has 3 atom stereocenters. The molecule has 1 saturated carbocycles. The third-order valence-corrected chi connectivity index (χ3v) is 3.85. The number of carbonyl (C=O) groups excluding carboxylic acids is 1. The summed E-state index contributed by atoms with van der Waals surface area (Å²) in [5, 5.41) is 12.9. The number of hydrogen-bond donors (Lipinski definition) is 2. The average molecular weight is 262 g/mol. The Morgan fingerprint density at radius 1 is 1.32 bits per heavy atom. The van der Waals surface area contributed by atoms with Crippen LogP contribution in [-0.4, -0.2) is 42.1 Å². The van der Waals surface area contributed by atoms with Crippen LogP contribution in [0.2, 0.25) is 0 Å². The highest BCUT2D eigenvalue weighted by Gasteiger charge is 2.28. The summed E-state index contributed by atoms with van der Waals surface area (Å²) < 4.78 is 0. The molecule has 0 aliphatic heterocycles. The molecule has 2 N–H and O–H groups in total. The van der Waals surface area contributed by atoms with Gasteiger partial charge >= 0.3 is 0 Å². The van der Waals surface area contributed by atoms with Gasteiger partial charge in [-0.1, -0.05) is 30.3 Å². The second-order valence-corrected chi connectivity index (χ2v) is 5.45. The fourth-order valence-electron chi connectivity index (χ4n) is 2.62. The van der Waals surface area contributed by atoms with Crippen LogP contribution in [0.4, 0.5) is 0 Å². The number of carbonyl (C=O) groups is 1. The molecule has 1 aliphatic carbocycles. The van der Waals surface area contributed by atoms with Gasteiger partial charge in [0.15, 0.2) is 6.10 Å². The van der Waals surface area contributed by atoms with Crippen LogP contribution in [0.25, 0.3) is 0 Å². The van der Waals surface area contributed by atoms with Crippen LogP contribution in [0.3, 0.4) is 0 Å². The smallest absolute Gasteiger partial charge is 0.253 e. The van der Waals surface area contributed by atoms with Gasteiger partial charge in [-0.3, -0.25) is 4.79 Å². The third kappa shape index (κ3) is 3.55. The van der Waals surface area contributed by atoms with Gasteiger partial charge in [-0.15, -0.1) is 0 Å². The van der Waals surface area contributed by atoms with Crippen LogP contribution in [0.15, 0.2) is 30.3 Å². The molecule has 0 aromatic heterocycles. The van der Waals surface area contributed by atoms with Crippen molar-refractivity contribution >= 4 is 5.91 Å². The third-order valence-electron chi connectivity index (χ3n) is 3.85. The largest absolute Gasteiger partial charge is 0.378 e. The van der Waals surface area contributed by atoms with Crippen molar-refractivity contribution < 1.29 is 9.90 Å². The Balaban J connectivity index is 1.88. The fourth-order valence-corrected chi connectivity index (χ4v) is 2.62. The van der Waals surface area contributed by atoms with E-state index in [2.05, 4.69) is 24.3 Å². The quantitative estimate of drug-likeness (QED) is 0.860. The number of rotatable bonds is 4. The predicted molar refractivity (Wildman–Crippen MR) is 74.7 cm³/mol. The Morgan fingerprint density at radius 3 is 2.58 bits per heavy atom. The van der Waals surface area contributed by atoms with Crippen LogP contribution in [0, 0.1) is 0 Å². The molecular weight excluding hydrogens is 240 g/mol. The Labute approximate surface area is 114 Å². The van der Waals surface area contributed by atoms with E-state index in [-0.39, 0.29) is 11.9 Å². The Morgan fingerprint density at radius 2 is 2.00 bits per heavy atom.